The van der Waals surface area contributed by atoms with Crippen molar-refractivity contribution in [1.29, 1.82) is 0 Å². The topological polar surface area (TPSA) is 90.7 Å². The van der Waals surface area contributed by atoms with Gasteiger partial charge in [-0.1, -0.05) is 5.16 Å². The number of hydrogen-bond donors (Lipinski definition) is 1. The summed E-state index contributed by atoms with van der Waals surface area (Å²) < 4.78 is 14.4. The molecule has 100 valence electrons. The van der Waals surface area contributed by atoms with Crippen LogP contribution in [0.25, 0.3) is 0 Å². The van der Waals surface area contributed by atoms with E-state index in [-0.39, 0.29) is 18.0 Å². The fourth-order valence-electron chi connectivity index (χ4n) is 1.08. The van der Waals surface area contributed by atoms with Gasteiger partial charge in [0.15, 0.2) is 5.82 Å². The number of rotatable bonds is 3. The third-order valence-electron chi connectivity index (χ3n) is 1.68. The van der Waals surface area contributed by atoms with Crippen molar-refractivity contribution in [2.75, 3.05) is 11.9 Å². The van der Waals surface area contributed by atoms with Gasteiger partial charge in [0, 0.05) is 0 Å². The first kappa shape index (κ1) is 14.0. The second-order valence-corrected chi connectivity index (χ2v) is 4.42. The van der Waals surface area contributed by atoms with Crippen molar-refractivity contribution in [3.8, 4) is 0 Å². The van der Waals surface area contributed by atoms with Crippen LogP contribution in [0.2, 0.25) is 0 Å². The van der Waals surface area contributed by atoms with Gasteiger partial charge in [-0.15, -0.1) is 0 Å². The summed E-state index contributed by atoms with van der Waals surface area (Å²) in [5.74, 6) is -0.646. The van der Waals surface area contributed by atoms with Crippen LogP contribution in [-0.4, -0.2) is 29.4 Å². The Kier molecular flexibility index (Phi) is 4.30. The normalized spacial score (nSPS) is 10.9. The third-order valence-corrected chi connectivity index (χ3v) is 1.68. The molecule has 1 N–H and O–H groups in total. The fraction of sp³-hybridized carbons (Fsp3) is 0.545. The highest BCUT2D eigenvalue weighted by atomic mass is 16.6. The first-order chi connectivity index (χ1) is 8.33. The lowest BCUT2D eigenvalue weighted by Crippen LogP contribution is -2.27. The second kappa shape index (κ2) is 5.52. The van der Waals surface area contributed by atoms with Gasteiger partial charge in [0.1, 0.15) is 17.4 Å². The van der Waals surface area contributed by atoms with Crippen molar-refractivity contribution in [2.45, 2.75) is 33.3 Å². The second-order valence-electron chi connectivity index (χ2n) is 4.42. The molecule has 0 radical (unpaired) electrons. The predicted octanol–water partition coefficient (Wildman–Crippen LogP) is 2.20. The van der Waals surface area contributed by atoms with Crippen LogP contribution in [-0.2, 0) is 9.47 Å². The van der Waals surface area contributed by atoms with E-state index < -0.39 is 17.7 Å². The van der Waals surface area contributed by atoms with Crippen LogP contribution in [0.5, 0.6) is 0 Å². The molecular weight excluding hydrogens is 240 g/mol. The maximum Gasteiger partial charge on any atom is 0.413 e. The van der Waals surface area contributed by atoms with Crippen LogP contribution < -0.4 is 5.32 Å². The van der Waals surface area contributed by atoms with E-state index in [1.165, 1.54) is 0 Å². The molecule has 0 aliphatic rings. The number of aromatic nitrogens is 1. The Labute approximate surface area is 104 Å². The predicted molar refractivity (Wildman–Crippen MR) is 62.3 cm³/mol. The van der Waals surface area contributed by atoms with E-state index in [1.54, 1.807) is 27.7 Å². The van der Waals surface area contributed by atoms with Gasteiger partial charge in [0.25, 0.3) is 0 Å². The summed E-state index contributed by atoms with van der Waals surface area (Å²) in [5.41, 5.74) is -0.597. The molecule has 1 rings (SSSR count). The molecule has 0 saturated carbocycles. The van der Waals surface area contributed by atoms with Gasteiger partial charge in [-0.05, 0) is 27.7 Å². The number of ether oxygens (including phenoxy) is 2. The van der Waals surface area contributed by atoms with Gasteiger partial charge < -0.3 is 14.0 Å². The van der Waals surface area contributed by atoms with Gasteiger partial charge in [-0.2, -0.15) is 0 Å². The molecule has 0 aliphatic heterocycles. The van der Waals surface area contributed by atoms with Crippen molar-refractivity contribution in [2.24, 2.45) is 0 Å². The summed E-state index contributed by atoms with van der Waals surface area (Å²) in [5, 5.41) is 5.82. The molecule has 0 unspecified atom stereocenters. The van der Waals surface area contributed by atoms with E-state index in [2.05, 4.69) is 15.0 Å². The van der Waals surface area contributed by atoms with Gasteiger partial charge in [0.05, 0.1) is 6.61 Å². The zero-order valence-electron chi connectivity index (χ0n) is 10.8. The van der Waals surface area contributed by atoms with Crippen LogP contribution in [0.4, 0.5) is 10.6 Å². The Morgan fingerprint density at radius 1 is 1.44 bits per heavy atom. The maximum atomic E-state index is 11.5. The summed E-state index contributed by atoms with van der Waals surface area (Å²) in [6.45, 7) is 7.06. The lowest BCUT2D eigenvalue weighted by atomic mass is 10.2. The first-order valence-electron chi connectivity index (χ1n) is 5.45. The molecule has 18 heavy (non-hydrogen) atoms. The number of anilines is 1. The largest absolute Gasteiger partial charge is 0.462 e. The maximum absolute atomic E-state index is 11.5. The smallest absolute Gasteiger partial charge is 0.413 e. The zero-order valence-corrected chi connectivity index (χ0v) is 10.8. The van der Waals surface area contributed by atoms with Gasteiger partial charge >= 0.3 is 12.1 Å². The van der Waals surface area contributed by atoms with Crippen molar-refractivity contribution in [3.63, 3.8) is 0 Å². The monoisotopic (exact) mass is 256 g/mol. The SMILES string of the molecule is CCOC(=O)c1conc1NC(=O)OC(C)(C)C. The first-order valence-corrected chi connectivity index (χ1v) is 5.45. The van der Waals surface area contributed by atoms with Crippen LogP contribution in [0, 0.1) is 0 Å². The van der Waals surface area contributed by atoms with Gasteiger partial charge in [-0.25, -0.2) is 9.59 Å². The quantitative estimate of drug-likeness (QED) is 0.833. The standard InChI is InChI=1S/C11H16N2O5/c1-5-16-9(14)7-6-17-13-8(7)12-10(15)18-11(2,3)4/h6H,5H2,1-4H3,(H,12,13,15). The summed E-state index contributed by atoms with van der Waals surface area (Å²) in [4.78, 5) is 23.0. The lowest BCUT2D eigenvalue weighted by Gasteiger charge is -2.19. The van der Waals surface area contributed by atoms with Crippen LogP contribution in [0.15, 0.2) is 10.8 Å². The number of carbonyl (C=O) groups is 2. The molecule has 7 heteroatoms. The third kappa shape index (κ3) is 4.08. The Bertz CT molecular complexity index is 433. The number of nitrogens with zero attached hydrogens (tertiary/aromatic N) is 1. The van der Waals surface area contributed by atoms with Crippen molar-refractivity contribution >= 4 is 17.9 Å². The van der Waals surface area contributed by atoms with Crippen molar-refractivity contribution in [1.82, 2.24) is 5.16 Å². The molecule has 1 aromatic rings. The molecule has 0 fully saturated rings. The molecule has 0 aliphatic carbocycles. The number of carbonyl (C=O) groups excluding carboxylic acids is 2. The van der Waals surface area contributed by atoms with E-state index in [0.717, 1.165) is 6.26 Å². The average Bonchev–Trinajstić information content (AvgIpc) is 2.62. The van der Waals surface area contributed by atoms with Crippen molar-refractivity contribution < 1.29 is 23.6 Å². The lowest BCUT2D eigenvalue weighted by molar-refractivity contribution is 0.0526. The molecule has 0 spiro atoms. The molecule has 0 aromatic carbocycles. The molecule has 1 heterocycles. The molecule has 1 aromatic heterocycles. The van der Waals surface area contributed by atoms with E-state index in [9.17, 15) is 9.59 Å². The minimum atomic E-state index is -0.720. The van der Waals surface area contributed by atoms with Crippen LogP contribution in [0.3, 0.4) is 0 Å². The van der Waals surface area contributed by atoms with Crippen molar-refractivity contribution in [3.05, 3.63) is 11.8 Å². The Hall–Kier alpha value is -2.05. The summed E-state index contributed by atoms with van der Waals surface area (Å²) in [6.07, 6.45) is 0.381. The summed E-state index contributed by atoms with van der Waals surface area (Å²) in [6, 6.07) is 0. The van der Waals surface area contributed by atoms with Gasteiger partial charge in [-0.3, -0.25) is 5.32 Å². The minimum Gasteiger partial charge on any atom is -0.462 e. The highest BCUT2D eigenvalue weighted by Gasteiger charge is 2.22. The summed E-state index contributed by atoms with van der Waals surface area (Å²) >= 11 is 0. The molecule has 1 amide bonds. The average molecular weight is 256 g/mol. The Morgan fingerprint density at radius 2 is 2.11 bits per heavy atom. The highest BCUT2D eigenvalue weighted by molar-refractivity contribution is 5.98. The van der Waals surface area contributed by atoms with E-state index in [4.69, 9.17) is 9.47 Å². The van der Waals surface area contributed by atoms with Crippen LogP contribution >= 0.6 is 0 Å². The number of amides is 1. The minimum absolute atomic E-state index is 0.0253. The zero-order chi connectivity index (χ0) is 13.8. The fourth-order valence-corrected chi connectivity index (χ4v) is 1.08. The van der Waals surface area contributed by atoms with E-state index in [0.29, 0.717) is 0 Å². The molecule has 7 nitrogen and oxygen atoms in total. The molecule has 0 atom stereocenters. The molecular formula is C11H16N2O5. The Balaban J connectivity index is 2.71. The van der Waals surface area contributed by atoms with E-state index >= 15 is 0 Å². The summed E-state index contributed by atoms with van der Waals surface area (Å²) in [7, 11) is 0. The van der Waals surface area contributed by atoms with E-state index in [1.807, 2.05) is 0 Å². The van der Waals surface area contributed by atoms with Gasteiger partial charge in [0.2, 0.25) is 0 Å². The number of hydrogen-bond acceptors (Lipinski definition) is 6. The highest BCUT2D eigenvalue weighted by Crippen LogP contribution is 2.16. The number of esters is 1. The number of nitrogens with one attached hydrogen (secondary N) is 1. The molecule has 0 saturated heterocycles. The van der Waals surface area contributed by atoms with Crippen LogP contribution in [0.1, 0.15) is 38.1 Å². The molecule has 0 bridgehead atoms. The Morgan fingerprint density at radius 3 is 2.67 bits per heavy atom.